The fourth-order valence-corrected chi connectivity index (χ4v) is 3.71. The van der Waals surface area contributed by atoms with Gasteiger partial charge in [0.15, 0.2) is 17.2 Å². The van der Waals surface area contributed by atoms with Crippen molar-refractivity contribution in [2.24, 2.45) is 0 Å². The molecule has 8 heteroatoms. The Hall–Kier alpha value is -4.33. The minimum Gasteiger partial charge on any atom is -0.497 e. The second kappa shape index (κ2) is 10.1. The number of nitrogens with one attached hydrogen (secondary N) is 1. The number of amides is 1. The molecule has 0 aliphatic heterocycles. The summed E-state index contributed by atoms with van der Waals surface area (Å²) in [5.41, 5.74) is 1.35. The number of methoxy groups -OCH3 is 3. The molecule has 4 rings (SSSR count). The molecule has 0 fully saturated rings. The van der Waals surface area contributed by atoms with E-state index in [0.717, 1.165) is 5.56 Å². The van der Waals surface area contributed by atoms with Crippen molar-refractivity contribution in [3.8, 4) is 22.9 Å². The highest BCUT2D eigenvalue weighted by molar-refractivity contribution is 6.04. The van der Waals surface area contributed by atoms with E-state index in [9.17, 15) is 9.59 Å². The first-order chi connectivity index (χ1) is 16.5. The minimum absolute atomic E-state index is 0.172. The Morgan fingerprint density at radius 3 is 2.38 bits per heavy atom. The van der Waals surface area contributed by atoms with Crippen molar-refractivity contribution in [2.45, 2.75) is 6.42 Å². The first-order valence-corrected chi connectivity index (χ1v) is 10.7. The summed E-state index contributed by atoms with van der Waals surface area (Å²) >= 11 is 0. The highest BCUT2D eigenvalue weighted by atomic mass is 16.5. The molecular weight excluding hydrogens is 434 g/mol. The van der Waals surface area contributed by atoms with E-state index >= 15 is 0 Å². The molecule has 1 heterocycles. The molecule has 1 amide bonds. The fourth-order valence-electron chi connectivity index (χ4n) is 3.71. The van der Waals surface area contributed by atoms with E-state index in [1.807, 2.05) is 18.2 Å². The van der Waals surface area contributed by atoms with Gasteiger partial charge >= 0.3 is 0 Å². The molecule has 0 aliphatic rings. The minimum atomic E-state index is -0.367. The summed E-state index contributed by atoms with van der Waals surface area (Å²) in [6.07, 6.45) is 0.583. The first kappa shape index (κ1) is 22.8. The van der Waals surface area contributed by atoms with Gasteiger partial charge in [0.25, 0.3) is 11.5 Å². The van der Waals surface area contributed by atoms with Gasteiger partial charge in [0.05, 0.1) is 32.4 Å². The van der Waals surface area contributed by atoms with Crippen molar-refractivity contribution < 1.29 is 19.0 Å². The molecule has 0 saturated heterocycles. The van der Waals surface area contributed by atoms with E-state index in [0.29, 0.717) is 46.7 Å². The zero-order valence-corrected chi connectivity index (χ0v) is 19.2. The van der Waals surface area contributed by atoms with E-state index in [2.05, 4.69) is 10.4 Å². The maximum Gasteiger partial charge on any atom is 0.279 e. The van der Waals surface area contributed by atoms with Gasteiger partial charge in [-0.05, 0) is 42.3 Å². The van der Waals surface area contributed by atoms with Crippen molar-refractivity contribution in [2.75, 3.05) is 27.9 Å². The van der Waals surface area contributed by atoms with Crippen LogP contribution < -0.4 is 25.1 Å². The third-order valence-corrected chi connectivity index (χ3v) is 5.47. The van der Waals surface area contributed by atoms with Crippen molar-refractivity contribution >= 4 is 16.7 Å². The van der Waals surface area contributed by atoms with Gasteiger partial charge in [-0.1, -0.05) is 30.3 Å². The fraction of sp³-hybridized carbons (Fsp3) is 0.192. The van der Waals surface area contributed by atoms with E-state index in [-0.39, 0.29) is 17.2 Å². The van der Waals surface area contributed by atoms with Crippen LogP contribution in [-0.4, -0.2) is 43.6 Å². The van der Waals surface area contributed by atoms with Gasteiger partial charge in [0, 0.05) is 18.0 Å². The molecule has 0 bridgehead atoms. The van der Waals surface area contributed by atoms with Crippen LogP contribution in [0.3, 0.4) is 0 Å². The first-order valence-electron chi connectivity index (χ1n) is 10.7. The van der Waals surface area contributed by atoms with Crippen LogP contribution in [0.1, 0.15) is 16.1 Å². The van der Waals surface area contributed by atoms with E-state index in [1.54, 1.807) is 69.9 Å². The van der Waals surface area contributed by atoms with Crippen LogP contribution in [0.2, 0.25) is 0 Å². The normalized spacial score (nSPS) is 10.7. The van der Waals surface area contributed by atoms with Crippen molar-refractivity contribution in [3.05, 3.63) is 88.3 Å². The van der Waals surface area contributed by atoms with Crippen LogP contribution in [0.15, 0.2) is 71.5 Å². The number of nitrogens with zero attached hydrogens (tertiary/aromatic N) is 2. The van der Waals surface area contributed by atoms with Crippen molar-refractivity contribution in [1.29, 1.82) is 0 Å². The van der Waals surface area contributed by atoms with Gasteiger partial charge in [0.1, 0.15) is 5.75 Å². The van der Waals surface area contributed by atoms with Gasteiger partial charge < -0.3 is 19.5 Å². The topological polar surface area (TPSA) is 91.7 Å². The molecule has 34 heavy (non-hydrogen) atoms. The van der Waals surface area contributed by atoms with Gasteiger partial charge in [0.2, 0.25) is 0 Å². The number of hydrogen-bond donors (Lipinski definition) is 1. The van der Waals surface area contributed by atoms with Gasteiger partial charge in [-0.15, -0.1) is 0 Å². The van der Waals surface area contributed by atoms with Crippen molar-refractivity contribution in [1.82, 2.24) is 15.1 Å². The molecule has 1 aromatic heterocycles. The summed E-state index contributed by atoms with van der Waals surface area (Å²) in [5.74, 6) is 1.49. The number of benzene rings is 3. The molecule has 3 aromatic carbocycles. The number of carbonyl (C=O) groups is 1. The number of aromatic nitrogens is 2. The summed E-state index contributed by atoms with van der Waals surface area (Å²) in [5, 5.41) is 8.24. The Morgan fingerprint density at radius 2 is 1.65 bits per heavy atom. The second-order valence-electron chi connectivity index (χ2n) is 7.51. The number of rotatable bonds is 8. The van der Waals surface area contributed by atoms with Gasteiger partial charge in [-0.25, -0.2) is 0 Å². The predicted octanol–water partition coefficient (Wildman–Crippen LogP) is 3.38. The van der Waals surface area contributed by atoms with E-state index in [1.165, 1.54) is 4.68 Å². The molecule has 0 radical (unpaired) electrons. The zero-order valence-electron chi connectivity index (χ0n) is 19.2. The van der Waals surface area contributed by atoms with Crippen LogP contribution in [-0.2, 0) is 6.42 Å². The quantitative estimate of drug-likeness (QED) is 0.434. The standard InChI is InChI=1S/C26H25N3O5/c1-32-19-8-6-7-18(16-19)29-26(31)21-10-5-4-9-20(21)24(28-29)25(30)27-14-13-17-11-12-22(33-2)23(15-17)34-3/h4-12,15-16H,13-14H2,1-3H3,(H,27,30). The largest absolute Gasteiger partial charge is 0.497 e. The summed E-state index contributed by atoms with van der Waals surface area (Å²) in [6.45, 7) is 0.378. The Labute approximate surface area is 196 Å². The molecule has 1 N–H and O–H groups in total. The second-order valence-corrected chi connectivity index (χ2v) is 7.51. The predicted molar refractivity (Wildman–Crippen MR) is 129 cm³/mol. The number of ether oxygens (including phenoxy) is 3. The molecule has 4 aromatic rings. The Morgan fingerprint density at radius 1 is 0.882 bits per heavy atom. The number of fused-ring (bicyclic) bond motifs is 1. The molecule has 0 atom stereocenters. The lowest BCUT2D eigenvalue weighted by Gasteiger charge is -2.12. The third kappa shape index (κ3) is 4.56. The lowest BCUT2D eigenvalue weighted by molar-refractivity contribution is 0.0949. The monoisotopic (exact) mass is 459 g/mol. The van der Waals surface area contributed by atoms with Crippen LogP contribution in [0.25, 0.3) is 16.5 Å². The molecule has 0 spiro atoms. The lowest BCUT2D eigenvalue weighted by Crippen LogP contribution is -2.31. The van der Waals surface area contributed by atoms with Crippen LogP contribution in [0, 0.1) is 0 Å². The van der Waals surface area contributed by atoms with Gasteiger partial charge in [-0.3, -0.25) is 9.59 Å². The number of carbonyl (C=O) groups excluding carboxylic acids is 1. The van der Waals surface area contributed by atoms with Crippen LogP contribution in [0.4, 0.5) is 0 Å². The summed E-state index contributed by atoms with van der Waals surface area (Å²) in [7, 11) is 4.71. The average Bonchev–Trinajstić information content (AvgIpc) is 2.88. The van der Waals surface area contributed by atoms with E-state index in [4.69, 9.17) is 14.2 Å². The molecule has 8 nitrogen and oxygen atoms in total. The number of hydrogen-bond acceptors (Lipinski definition) is 6. The van der Waals surface area contributed by atoms with E-state index < -0.39 is 0 Å². The Bertz CT molecular complexity index is 1400. The summed E-state index contributed by atoms with van der Waals surface area (Å²) in [4.78, 5) is 26.3. The molecule has 0 saturated carbocycles. The molecule has 174 valence electrons. The van der Waals surface area contributed by atoms with Crippen LogP contribution in [0.5, 0.6) is 17.2 Å². The zero-order chi connectivity index (χ0) is 24.1. The smallest absolute Gasteiger partial charge is 0.279 e. The lowest BCUT2D eigenvalue weighted by atomic mass is 10.1. The maximum atomic E-state index is 13.1. The Balaban J connectivity index is 1.62. The van der Waals surface area contributed by atoms with Crippen LogP contribution >= 0.6 is 0 Å². The molecule has 0 aliphatic carbocycles. The highest BCUT2D eigenvalue weighted by Crippen LogP contribution is 2.27. The molecular formula is C26H25N3O5. The van der Waals surface area contributed by atoms with Gasteiger partial charge in [-0.2, -0.15) is 9.78 Å². The highest BCUT2D eigenvalue weighted by Gasteiger charge is 2.17. The average molecular weight is 460 g/mol. The SMILES string of the molecule is COc1cccc(-n2nc(C(=O)NCCc3ccc(OC)c(OC)c3)c3ccccc3c2=O)c1. The Kier molecular flexibility index (Phi) is 6.77. The molecule has 0 unspecified atom stereocenters. The summed E-state index contributed by atoms with van der Waals surface area (Å²) in [6, 6.07) is 19.6. The maximum absolute atomic E-state index is 13.1. The third-order valence-electron chi connectivity index (χ3n) is 5.47. The summed E-state index contributed by atoms with van der Waals surface area (Å²) < 4.78 is 17.1. The van der Waals surface area contributed by atoms with Crippen molar-refractivity contribution in [3.63, 3.8) is 0 Å².